The maximum absolute atomic E-state index is 13.5. The average Bonchev–Trinajstić information content (AvgIpc) is 2.36. The molecule has 19 heavy (non-hydrogen) atoms. The number of rotatable bonds is 6. The van der Waals surface area contributed by atoms with E-state index in [1.807, 2.05) is 13.8 Å². The van der Waals surface area contributed by atoms with Crippen molar-refractivity contribution in [2.45, 2.75) is 33.4 Å². The number of carbonyl (C=O) groups is 1. The number of halogens is 1. The third-order valence-corrected chi connectivity index (χ3v) is 2.61. The van der Waals surface area contributed by atoms with Gasteiger partial charge in [-0.25, -0.2) is 4.39 Å². The van der Waals surface area contributed by atoms with E-state index in [1.165, 1.54) is 6.07 Å². The maximum atomic E-state index is 13.5. The van der Waals surface area contributed by atoms with Gasteiger partial charge in [-0.1, -0.05) is 19.9 Å². The van der Waals surface area contributed by atoms with Gasteiger partial charge in [-0.2, -0.15) is 0 Å². The highest BCUT2D eigenvalue weighted by Crippen LogP contribution is 2.17. The number of nitrogens with two attached hydrogens (primary N) is 1. The smallest absolute Gasteiger partial charge is 0.260 e. The molecule has 5 heteroatoms. The second-order valence-electron chi connectivity index (χ2n) is 4.86. The number of ether oxygens (including phenoxy) is 1. The Bertz CT molecular complexity index is 435. The summed E-state index contributed by atoms with van der Waals surface area (Å²) in [6.45, 7) is 6.37. The molecule has 1 aromatic carbocycles. The molecule has 0 bridgehead atoms. The summed E-state index contributed by atoms with van der Waals surface area (Å²) >= 11 is 0. The molecular weight excluding hydrogens is 247 g/mol. The van der Waals surface area contributed by atoms with Gasteiger partial charge in [0.15, 0.2) is 6.10 Å². The summed E-state index contributed by atoms with van der Waals surface area (Å²) in [5.41, 5.74) is 5.79. The molecule has 0 aliphatic rings. The van der Waals surface area contributed by atoms with Crippen LogP contribution in [-0.4, -0.2) is 18.6 Å². The molecule has 106 valence electrons. The van der Waals surface area contributed by atoms with E-state index < -0.39 is 11.9 Å². The molecule has 4 nitrogen and oxygen atoms in total. The zero-order valence-electron chi connectivity index (χ0n) is 11.6. The Morgan fingerprint density at radius 3 is 2.63 bits per heavy atom. The van der Waals surface area contributed by atoms with Crippen molar-refractivity contribution >= 4 is 5.91 Å². The van der Waals surface area contributed by atoms with Crippen molar-refractivity contribution in [2.24, 2.45) is 11.7 Å². The normalized spacial score (nSPS) is 12.3. The molecule has 0 aliphatic carbocycles. The Balaban J connectivity index is 2.58. The zero-order valence-corrected chi connectivity index (χ0v) is 11.6. The van der Waals surface area contributed by atoms with Crippen LogP contribution in [0.5, 0.6) is 5.75 Å². The lowest BCUT2D eigenvalue weighted by Crippen LogP contribution is -2.38. The van der Waals surface area contributed by atoms with Crippen LogP contribution in [0.4, 0.5) is 4.39 Å². The number of amides is 1. The molecule has 1 atom stereocenters. The fraction of sp³-hybridized carbons (Fsp3) is 0.500. The summed E-state index contributed by atoms with van der Waals surface area (Å²) in [7, 11) is 0. The monoisotopic (exact) mass is 268 g/mol. The lowest BCUT2D eigenvalue weighted by molar-refractivity contribution is -0.127. The van der Waals surface area contributed by atoms with Gasteiger partial charge in [0.1, 0.15) is 11.6 Å². The topological polar surface area (TPSA) is 64.3 Å². The third-order valence-electron chi connectivity index (χ3n) is 2.61. The lowest BCUT2D eigenvalue weighted by Gasteiger charge is -2.16. The first-order valence-corrected chi connectivity index (χ1v) is 6.37. The van der Waals surface area contributed by atoms with Crippen LogP contribution in [0.15, 0.2) is 18.2 Å². The summed E-state index contributed by atoms with van der Waals surface area (Å²) in [5, 5.41) is 2.76. The second kappa shape index (κ2) is 7.09. The fourth-order valence-corrected chi connectivity index (χ4v) is 1.47. The van der Waals surface area contributed by atoms with Gasteiger partial charge < -0.3 is 15.8 Å². The first-order chi connectivity index (χ1) is 8.93. The molecule has 0 radical (unpaired) electrons. The van der Waals surface area contributed by atoms with E-state index in [0.717, 1.165) is 0 Å². The highest BCUT2D eigenvalue weighted by molar-refractivity contribution is 5.80. The second-order valence-corrected chi connectivity index (χ2v) is 4.86. The Morgan fingerprint density at radius 1 is 1.42 bits per heavy atom. The largest absolute Gasteiger partial charge is 0.481 e. The Kier molecular flexibility index (Phi) is 5.76. The molecule has 0 saturated carbocycles. The molecule has 0 fully saturated rings. The minimum Gasteiger partial charge on any atom is -0.481 e. The minimum absolute atomic E-state index is 0.135. The summed E-state index contributed by atoms with van der Waals surface area (Å²) in [6, 6.07) is 4.41. The summed E-state index contributed by atoms with van der Waals surface area (Å²) in [6.07, 6.45) is -0.665. The maximum Gasteiger partial charge on any atom is 0.260 e. The summed E-state index contributed by atoms with van der Waals surface area (Å²) in [5.74, 6) is 0.0612. The van der Waals surface area contributed by atoms with E-state index in [9.17, 15) is 9.18 Å². The van der Waals surface area contributed by atoms with Gasteiger partial charge in [-0.05, 0) is 18.9 Å². The van der Waals surface area contributed by atoms with Crippen molar-refractivity contribution in [1.82, 2.24) is 5.32 Å². The van der Waals surface area contributed by atoms with E-state index in [1.54, 1.807) is 19.1 Å². The van der Waals surface area contributed by atoms with Crippen LogP contribution in [0.25, 0.3) is 0 Å². The van der Waals surface area contributed by atoms with Crippen molar-refractivity contribution < 1.29 is 13.9 Å². The Labute approximate surface area is 113 Å². The first-order valence-electron chi connectivity index (χ1n) is 6.37. The molecule has 0 heterocycles. The van der Waals surface area contributed by atoms with Crippen LogP contribution >= 0.6 is 0 Å². The zero-order chi connectivity index (χ0) is 14.4. The van der Waals surface area contributed by atoms with Crippen LogP contribution in [0.2, 0.25) is 0 Å². The average molecular weight is 268 g/mol. The van der Waals surface area contributed by atoms with Gasteiger partial charge in [-0.3, -0.25) is 4.79 Å². The van der Waals surface area contributed by atoms with Crippen LogP contribution < -0.4 is 15.8 Å². The standard InChI is InChI=1S/C14H21FN2O2/c1-9(2)8-17-14(18)10(3)19-12-5-4-11(7-16)13(15)6-12/h4-6,9-10H,7-8,16H2,1-3H3,(H,17,18). The van der Waals surface area contributed by atoms with Gasteiger partial charge in [0.25, 0.3) is 5.91 Å². The van der Waals surface area contributed by atoms with Crippen molar-refractivity contribution in [1.29, 1.82) is 0 Å². The van der Waals surface area contributed by atoms with E-state index in [4.69, 9.17) is 10.5 Å². The molecule has 1 aromatic rings. The van der Waals surface area contributed by atoms with Crippen molar-refractivity contribution in [3.8, 4) is 5.75 Å². The van der Waals surface area contributed by atoms with Crippen LogP contribution in [0.1, 0.15) is 26.3 Å². The van der Waals surface area contributed by atoms with E-state index in [2.05, 4.69) is 5.32 Å². The molecule has 0 saturated heterocycles. The first kappa shape index (κ1) is 15.4. The van der Waals surface area contributed by atoms with Crippen LogP contribution in [0, 0.1) is 11.7 Å². The molecule has 3 N–H and O–H groups in total. The number of carbonyl (C=O) groups excluding carboxylic acids is 1. The third kappa shape index (κ3) is 4.87. The predicted molar refractivity (Wildman–Crippen MR) is 72.2 cm³/mol. The van der Waals surface area contributed by atoms with Gasteiger partial charge >= 0.3 is 0 Å². The number of nitrogens with one attached hydrogen (secondary N) is 1. The molecular formula is C14H21FN2O2. The van der Waals surface area contributed by atoms with Crippen molar-refractivity contribution in [2.75, 3.05) is 6.54 Å². The molecule has 0 spiro atoms. The fourth-order valence-electron chi connectivity index (χ4n) is 1.47. The van der Waals surface area contributed by atoms with Gasteiger partial charge in [0, 0.05) is 24.7 Å². The Hall–Kier alpha value is -1.62. The molecule has 0 aromatic heterocycles. The van der Waals surface area contributed by atoms with E-state index in [0.29, 0.717) is 23.8 Å². The molecule has 1 amide bonds. The van der Waals surface area contributed by atoms with Crippen LogP contribution in [-0.2, 0) is 11.3 Å². The summed E-state index contributed by atoms with van der Waals surface area (Å²) in [4.78, 5) is 11.7. The quantitative estimate of drug-likeness (QED) is 0.827. The lowest BCUT2D eigenvalue weighted by atomic mass is 10.2. The van der Waals surface area contributed by atoms with Crippen LogP contribution in [0.3, 0.4) is 0 Å². The number of hydrogen-bond acceptors (Lipinski definition) is 3. The van der Waals surface area contributed by atoms with Crippen molar-refractivity contribution in [3.63, 3.8) is 0 Å². The number of benzene rings is 1. The number of hydrogen-bond donors (Lipinski definition) is 2. The highest BCUT2D eigenvalue weighted by atomic mass is 19.1. The molecule has 0 aliphatic heterocycles. The highest BCUT2D eigenvalue weighted by Gasteiger charge is 2.15. The van der Waals surface area contributed by atoms with E-state index in [-0.39, 0.29) is 12.5 Å². The summed E-state index contributed by atoms with van der Waals surface area (Å²) < 4.78 is 18.9. The molecule has 1 unspecified atom stereocenters. The minimum atomic E-state index is -0.665. The Morgan fingerprint density at radius 2 is 2.11 bits per heavy atom. The molecule has 1 rings (SSSR count). The van der Waals surface area contributed by atoms with Gasteiger partial charge in [-0.15, -0.1) is 0 Å². The van der Waals surface area contributed by atoms with E-state index >= 15 is 0 Å². The predicted octanol–water partition coefficient (Wildman–Crippen LogP) is 1.82. The van der Waals surface area contributed by atoms with Gasteiger partial charge in [0.05, 0.1) is 0 Å². The van der Waals surface area contributed by atoms with Crippen molar-refractivity contribution in [3.05, 3.63) is 29.6 Å². The van der Waals surface area contributed by atoms with Gasteiger partial charge in [0.2, 0.25) is 0 Å². The SMILES string of the molecule is CC(C)CNC(=O)C(C)Oc1ccc(CN)c(F)c1.